The van der Waals surface area contributed by atoms with Gasteiger partial charge in [0.15, 0.2) is 0 Å². The van der Waals surface area contributed by atoms with Gasteiger partial charge in [-0.1, -0.05) is 0 Å². The van der Waals surface area contributed by atoms with E-state index < -0.39 is 30.7 Å². The lowest BCUT2D eigenvalue weighted by atomic mass is 9.94. The normalized spacial score (nSPS) is 28.1. The van der Waals surface area contributed by atoms with Gasteiger partial charge in [-0.05, 0) is 12.8 Å². The minimum Gasteiger partial charge on any atom is -0.394 e. The van der Waals surface area contributed by atoms with Gasteiger partial charge >= 0.3 is 12.1 Å². The van der Waals surface area contributed by atoms with E-state index in [-0.39, 0.29) is 0 Å². The van der Waals surface area contributed by atoms with Crippen LogP contribution in [0, 0.1) is 0 Å². The summed E-state index contributed by atoms with van der Waals surface area (Å²) in [6.45, 7) is -0.411. The van der Waals surface area contributed by atoms with E-state index in [1.54, 1.807) is 7.85 Å². The van der Waals surface area contributed by atoms with Crippen molar-refractivity contribution in [1.82, 2.24) is 4.90 Å². The molecule has 1 fully saturated rings. The zero-order chi connectivity index (χ0) is 10.9. The van der Waals surface area contributed by atoms with E-state index >= 15 is 0 Å². The molecule has 1 N–H and O–H groups in total. The number of rotatable bonds is 1. The topological polar surface area (TPSA) is 40.5 Å². The second kappa shape index (κ2) is 3.80. The molecule has 1 amide bonds. The molecule has 0 radical (unpaired) electrons. The lowest BCUT2D eigenvalue weighted by Gasteiger charge is -2.28. The lowest BCUT2D eigenvalue weighted by Crippen LogP contribution is -2.49. The summed E-state index contributed by atoms with van der Waals surface area (Å²) in [5, 5.41) is 8.81. The summed E-state index contributed by atoms with van der Waals surface area (Å²) < 4.78 is 36.3. The van der Waals surface area contributed by atoms with Gasteiger partial charge in [0.25, 0.3) is 0 Å². The van der Waals surface area contributed by atoms with E-state index in [9.17, 15) is 18.0 Å². The van der Waals surface area contributed by atoms with E-state index in [1.165, 1.54) is 0 Å². The van der Waals surface area contributed by atoms with Crippen LogP contribution in [0.15, 0.2) is 0 Å². The third-order valence-corrected chi connectivity index (χ3v) is 2.47. The Hall–Kier alpha value is -0.715. The average Bonchev–Trinajstić information content (AvgIpc) is 2.43. The molecule has 2 atom stereocenters. The second-order valence-electron chi connectivity index (χ2n) is 3.47. The van der Waals surface area contributed by atoms with Crippen molar-refractivity contribution in [1.29, 1.82) is 0 Å². The summed E-state index contributed by atoms with van der Waals surface area (Å²) in [7, 11) is 1.55. The first kappa shape index (κ1) is 11.4. The second-order valence-corrected chi connectivity index (χ2v) is 3.47. The predicted octanol–water partition coefficient (Wildman–Crippen LogP) is -0.509. The molecule has 1 aliphatic heterocycles. The molecule has 0 bridgehead atoms. The summed E-state index contributed by atoms with van der Waals surface area (Å²) in [5.41, 5.74) is 0. The first-order valence-electron chi connectivity index (χ1n) is 4.38. The van der Waals surface area contributed by atoms with Gasteiger partial charge < -0.3 is 10.0 Å². The zero-order valence-electron chi connectivity index (χ0n) is 7.71. The number of nitrogens with zero attached hydrogens (tertiary/aromatic N) is 1. The smallest absolute Gasteiger partial charge is 0.394 e. The predicted molar refractivity (Wildman–Crippen MR) is 45.3 cm³/mol. The Labute approximate surface area is 80.3 Å². The van der Waals surface area contributed by atoms with Crippen LogP contribution in [0.25, 0.3) is 0 Å². The lowest BCUT2D eigenvalue weighted by molar-refractivity contribution is -0.187. The van der Waals surface area contributed by atoms with Gasteiger partial charge in [-0.2, -0.15) is 13.2 Å². The minimum atomic E-state index is -4.84. The first-order valence-corrected chi connectivity index (χ1v) is 4.38. The molecule has 0 aromatic rings. The number of alkyl halides is 3. The number of carbonyl (C=O) groups is 1. The summed E-state index contributed by atoms with van der Waals surface area (Å²) in [6.07, 6.45) is -3.90. The molecule has 0 unspecified atom stereocenters. The number of aliphatic hydroxyl groups excluding tert-OH is 1. The third kappa shape index (κ3) is 2.02. The molecule has 1 aliphatic rings. The highest BCUT2D eigenvalue weighted by molar-refractivity contribution is 6.13. The highest BCUT2D eigenvalue weighted by atomic mass is 19.4. The molecule has 1 rings (SSSR count). The number of hydrogen-bond donors (Lipinski definition) is 1. The summed E-state index contributed by atoms with van der Waals surface area (Å²) in [4.78, 5) is 11.7. The highest BCUT2D eigenvalue weighted by Crippen LogP contribution is 2.28. The molecule has 1 saturated heterocycles. The van der Waals surface area contributed by atoms with Gasteiger partial charge in [-0.25, -0.2) is 0 Å². The standard InChI is InChI=1S/C7H11BF3NO2/c8-5-2-1-4(3-13)12(5)6(14)7(9,10)11/h4-5,13H,1-3,8H2/t4-,5+/m0/s1. The fourth-order valence-corrected chi connectivity index (χ4v) is 1.76. The Bertz CT molecular complexity index is 233. The maximum atomic E-state index is 12.1. The molecular weight excluding hydrogens is 198 g/mol. The van der Waals surface area contributed by atoms with E-state index in [1.807, 2.05) is 0 Å². The van der Waals surface area contributed by atoms with Crippen LogP contribution in [0.1, 0.15) is 12.8 Å². The number of likely N-dealkylation sites (tertiary alicyclic amines) is 1. The quantitative estimate of drug-likeness (QED) is 0.591. The van der Waals surface area contributed by atoms with Crippen LogP contribution in [0.4, 0.5) is 13.2 Å². The SMILES string of the molecule is B[C@H]1CC[C@@H](CO)N1C(=O)C(F)(F)F. The van der Waals surface area contributed by atoms with Crippen molar-refractivity contribution in [2.75, 3.05) is 6.61 Å². The number of carbonyl (C=O) groups excluding carboxylic acids is 1. The van der Waals surface area contributed by atoms with Gasteiger partial charge in [0, 0.05) is 5.94 Å². The molecule has 0 saturated carbocycles. The van der Waals surface area contributed by atoms with Crippen molar-refractivity contribution in [2.24, 2.45) is 0 Å². The Morgan fingerprint density at radius 2 is 2.07 bits per heavy atom. The Morgan fingerprint density at radius 1 is 1.50 bits per heavy atom. The van der Waals surface area contributed by atoms with Crippen molar-refractivity contribution in [3.63, 3.8) is 0 Å². The number of amides is 1. The van der Waals surface area contributed by atoms with E-state index in [0.29, 0.717) is 12.8 Å². The monoisotopic (exact) mass is 209 g/mol. The number of hydrogen-bond acceptors (Lipinski definition) is 2. The van der Waals surface area contributed by atoms with Crippen LogP contribution in [-0.2, 0) is 4.79 Å². The molecule has 7 heteroatoms. The van der Waals surface area contributed by atoms with Crippen LogP contribution in [0.5, 0.6) is 0 Å². The van der Waals surface area contributed by atoms with Crippen LogP contribution in [0.2, 0.25) is 0 Å². The van der Waals surface area contributed by atoms with Crippen molar-refractivity contribution >= 4 is 13.8 Å². The Balaban J connectivity index is 2.79. The maximum Gasteiger partial charge on any atom is 0.471 e. The van der Waals surface area contributed by atoms with Crippen LogP contribution < -0.4 is 0 Å². The van der Waals surface area contributed by atoms with Gasteiger partial charge in [0.05, 0.1) is 12.6 Å². The summed E-state index contributed by atoms with van der Waals surface area (Å²) in [6, 6.07) is -0.681. The van der Waals surface area contributed by atoms with Gasteiger partial charge in [-0.15, -0.1) is 0 Å². The molecule has 0 spiro atoms. The molecule has 1 heterocycles. The molecule has 0 aromatic heterocycles. The van der Waals surface area contributed by atoms with Gasteiger partial charge in [0.1, 0.15) is 7.85 Å². The Kier molecular flexibility index (Phi) is 3.09. The highest BCUT2D eigenvalue weighted by Gasteiger charge is 2.47. The average molecular weight is 209 g/mol. The Morgan fingerprint density at radius 3 is 2.50 bits per heavy atom. The largest absolute Gasteiger partial charge is 0.471 e. The van der Waals surface area contributed by atoms with Crippen molar-refractivity contribution in [3.8, 4) is 0 Å². The molecule has 14 heavy (non-hydrogen) atoms. The van der Waals surface area contributed by atoms with Crippen LogP contribution in [0.3, 0.4) is 0 Å². The van der Waals surface area contributed by atoms with E-state index in [2.05, 4.69) is 0 Å². The molecular formula is C7H11BF3NO2. The van der Waals surface area contributed by atoms with Crippen LogP contribution in [-0.4, -0.2) is 48.5 Å². The third-order valence-electron chi connectivity index (χ3n) is 2.47. The first-order chi connectivity index (χ1) is 6.38. The number of halogens is 3. The van der Waals surface area contributed by atoms with E-state index in [0.717, 1.165) is 4.90 Å². The van der Waals surface area contributed by atoms with Crippen molar-refractivity contribution < 1.29 is 23.1 Å². The van der Waals surface area contributed by atoms with Crippen molar-refractivity contribution in [3.05, 3.63) is 0 Å². The van der Waals surface area contributed by atoms with Gasteiger partial charge in [-0.3, -0.25) is 4.79 Å². The van der Waals surface area contributed by atoms with Crippen LogP contribution >= 0.6 is 0 Å². The van der Waals surface area contributed by atoms with Crippen molar-refractivity contribution in [2.45, 2.75) is 31.0 Å². The molecule has 0 aromatic carbocycles. The summed E-state index contributed by atoms with van der Waals surface area (Å²) >= 11 is 0. The van der Waals surface area contributed by atoms with E-state index in [4.69, 9.17) is 5.11 Å². The fraction of sp³-hybridized carbons (Fsp3) is 0.857. The molecule has 3 nitrogen and oxygen atoms in total. The molecule has 0 aliphatic carbocycles. The number of aliphatic hydroxyl groups is 1. The zero-order valence-corrected chi connectivity index (χ0v) is 7.71. The fourth-order valence-electron chi connectivity index (χ4n) is 1.76. The maximum absolute atomic E-state index is 12.1. The summed E-state index contributed by atoms with van der Waals surface area (Å²) in [5.74, 6) is -2.29. The minimum absolute atomic E-state index is 0.411. The molecule has 80 valence electrons. The van der Waals surface area contributed by atoms with Gasteiger partial charge in [0.2, 0.25) is 0 Å².